The lowest BCUT2D eigenvalue weighted by atomic mass is 9.94. The van der Waals surface area contributed by atoms with Crippen LogP contribution in [0.25, 0.3) is 0 Å². The normalized spacial score (nSPS) is 10.9. The molecule has 2 radical (unpaired) electrons. The first-order valence-corrected chi connectivity index (χ1v) is 5.69. The van der Waals surface area contributed by atoms with E-state index < -0.39 is 0 Å². The molecule has 1 heterocycles. The first-order chi connectivity index (χ1) is 8.16. The van der Waals surface area contributed by atoms with E-state index >= 15 is 0 Å². The molecule has 1 aromatic heterocycles. The number of aromatic hydroxyl groups is 1. The largest absolute Gasteiger partial charge is 0.506 e. The first-order valence-electron chi connectivity index (χ1n) is 4.90. The maximum Gasteiger partial charge on any atom is 0.151 e. The van der Waals surface area contributed by atoms with Crippen molar-refractivity contribution in [3.63, 3.8) is 0 Å². The highest BCUT2D eigenvalue weighted by Crippen LogP contribution is 2.25. The van der Waals surface area contributed by atoms with Crippen LogP contribution in [0.5, 0.6) is 5.75 Å². The number of hydrogen-bond acceptors (Lipinski definition) is 3. The van der Waals surface area contributed by atoms with Crippen molar-refractivity contribution in [3.8, 4) is 5.75 Å². The van der Waals surface area contributed by atoms with Gasteiger partial charge in [0, 0.05) is 18.0 Å². The standard InChI is InChI=1S/C12H8BBrN2O/c13-9-5-8(12(17)10(14)6-9)7-16-11-3-1-2-4-15-11/h1-7,17H. The van der Waals surface area contributed by atoms with Crippen molar-refractivity contribution in [3.05, 3.63) is 46.6 Å². The van der Waals surface area contributed by atoms with E-state index in [1.807, 2.05) is 12.1 Å². The minimum atomic E-state index is 0.110. The molecule has 0 aliphatic rings. The van der Waals surface area contributed by atoms with Crippen molar-refractivity contribution >= 4 is 41.3 Å². The summed E-state index contributed by atoms with van der Waals surface area (Å²) in [5.41, 5.74) is 1.10. The lowest BCUT2D eigenvalue weighted by Gasteiger charge is -2.03. The lowest BCUT2D eigenvalue weighted by Crippen LogP contribution is -2.03. The van der Waals surface area contributed by atoms with Gasteiger partial charge in [-0.2, -0.15) is 0 Å². The molecule has 2 aromatic rings. The Morgan fingerprint density at radius 2 is 2.18 bits per heavy atom. The summed E-state index contributed by atoms with van der Waals surface area (Å²) >= 11 is 3.22. The van der Waals surface area contributed by atoms with Crippen LogP contribution in [-0.2, 0) is 0 Å². The third kappa shape index (κ3) is 2.94. The summed E-state index contributed by atoms with van der Waals surface area (Å²) in [5, 5.41) is 9.79. The van der Waals surface area contributed by atoms with Crippen LogP contribution in [0.4, 0.5) is 5.82 Å². The molecular formula is C12H8BBrN2O. The number of phenols is 1. The Hall–Kier alpha value is -1.62. The Balaban J connectivity index is 2.33. The number of hydrogen-bond donors (Lipinski definition) is 1. The highest BCUT2D eigenvalue weighted by molar-refractivity contribution is 9.10. The van der Waals surface area contributed by atoms with E-state index in [9.17, 15) is 5.11 Å². The summed E-state index contributed by atoms with van der Waals surface area (Å²) in [6, 6.07) is 8.71. The second-order valence-corrected chi connectivity index (χ2v) is 4.24. The molecule has 0 aliphatic carbocycles. The smallest absolute Gasteiger partial charge is 0.151 e. The Morgan fingerprint density at radius 1 is 1.35 bits per heavy atom. The number of halogens is 1. The molecule has 0 aliphatic heterocycles. The number of phenolic OH excluding ortho intramolecular Hbond substituents is 1. The molecule has 5 heteroatoms. The summed E-state index contributed by atoms with van der Waals surface area (Å²) in [7, 11) is 5.68. The van der Waals surface area contributed by atoms with Crippen molar-refractivity contribution in [1.82, 2.24) is 4.98 Å². The summed E-state index contributed by atoms with van der Waals surface area (Å²) in [4.78, 5) is 8.19. The zero-order chi connectivity index (χ0) is 12.3. The topological polar surface area (TPSA) is 45.5 Å². The van der Waals surface area contributed by atoms with E-state index in [4.69, 9.17) is 7.85 Å². The van der Waals surface area contributed by atoms with Gasteiger partial charge in [-0.3, -0.25) is 0 Å². The molecule has 0 amide bonds. The van der Waals surface area contributed by atoms with Crippen LogP contribution in [0.3, 0.4) is 0 Å². The average molecular weight is 287 g/mol. The molecule has 0 spiro atoms. The summed E-state index contributed by atoms with van der Waals surface area (Å²) in [6.07, 6.45) is 3.18. The quantitative estimate of drug-likeness (QED) is 0.679. The van der Waals surface area contributed by atoms with Gasteiger partial charge in [-0.05, 0) is 28.1 Å². The summed E-state index contributed by atoms with van der Waals surface area (Å²) in [5.74, 6) is 0.685. The van der Waals surface area contributed by atoms with Gasteiger partial charge >= 0.3 is 0 Å². The number of nitrogens with zero attached hydrogens (tertiary/aromatic N) is 2. The molecule has 82 valence electrons. The van der Waals surface area contributed by atoms with E-state index in [-0.39, 0.29) is 5.75 Å². The fraction of sp³-hybridized carbons (Fsp3) is 0. The third-order valence-corrected chi connectivity index (χ3v) is 2.70. The summed E-state index contributed by atoms with van der Waals surface area (Å²) < 4.78 is 0.542. The van der Waals surface area contributed by atoms with Crippen LogP contribution < -0.4 is 5.46 Å². The van der Waals surface area contributed by atoms with Gasteiger partial charge in [0.1, 0.15) is 13.6 Å². The monoisotopic (exact) mass is 286 g/mol. The third-order valence-electron chi connectivity index (χ3n) is 2.10. The van der Waals surface area contributed by atoms with Gasteiger partial charge in [0.25, 0.3) is 0 Å². The van der Waals surface area contributed by atoms with Gasteiger partial charge in [0.2, 0.25) is 0 Å². The van der Waals surface area contributed by atoms with Crippen LogP contribution in [0, 0.1) is 0 Å². The van der Waals surface area contributed by atoms with Gasteiger partial charge in [0.05, 0.1) is 4.47 Å². The summed E-state index contributed by atoms with van der Waals surface area (Å²) in [6.45, 7) is 0. The Labute approximate surface area is 109 Å². The van der Waals surface area contributed by atoms with Gasteiger partial charge < -0.3 is 5.11 Å². The lowest BCUT2D eigenvalue weighted by molar-refractivity contribution is 0.471. The van der Waals surface area contributed by atoms with Gasteiger partial charge in [0.15, 0.2) is 5.82 Å². The molecule has 0 saturated heterocycles. The molecule has 0 fully saturated rings. The number of aliphatic imine (C=N–C) groups is 1. The maximum atomic E-state index is 9.79. The Bertz CT molecular complexity index is 558. The molecule has 17 heavy (non-hydrogen) atoms. The van der Waals surface area contributed by atoms with Crippen LogP contribution in [0.15, 0.2) is 46.0 Å². The molecule has 0 atom stereocenters. The molecular weight excluding hydrogens is 279 g/mol. The fourth-order valence-electron chi connectivity index (χ4n) is 1.31. The molecule has 1 aromatic carbocycles. The van der Waals surface area contributed by atoms with Crippen molar-refractivity contribution in [1.29, 1.82) is 0 Å². The van der Waals surface area contributed by atoms with Crippen LogP contribution in [0.1, 0.15) is 5.56 Å². The number of rotatable bonds is 2. The van der Waals surface area contributed by atoms with E-state index in [1.54, 1.807) is 24.4 Å². The molecule has 0 bridgehead atoms. The van der Waals surface area contributed by atoms with Crippen molar-refractivity contribution in [2.75, 3.05) is 0 Å². The highest BCUT2D eigenvalue weighted by atomic mass is 79.9. The highest BCUT2D eigenvalue weighted by Gasteiger charge is 2.04. The number of aromatic nitrogens is 1. The average Bonchev–Trinajstić information content (AvgIpc) is 2.33. The fourth-order valence-corrected chi connectivity index (χ4v) is 1.80. The molecule has 2 rings (SSSR count). The minimum Gasteiger partial charge on any atom is -0.506 e. The SMILES string of the molecule is [B]c1cc(Br)c(O)c(C=Nc2ccccn2)c1. The van der Waals surface area contributed by atoms with Crippen LogP contribution in [0.2, 0.25) is 0 Å². The second kappa shape index (κ2) is 5.14. The predicted octanol–water partition coefficient (Wildman–Crippen LogP) is 2.09. The van der Waals surface area contributed by atoms with E-state index in [2.05, 4.69) is 25.9 Å². The van der Waals surface area contributed by atoms with E-state index in [0.717, 1.165) is 0 Å². The van der Waals surface area contributed by atoms with Crippen LogP contribution in [-0.4, -0.2) is 24.2 Å². The van der Waals surface area contributed by atoms with E-state index in [0.29, 0.717) is 21.3 Å². The molecule has 1 N–H and O–H groups in total. The zero-order valence-electron chi connectivity index (χ0n) is 8.84. The zero-order valence-corrected chi connectivity index (χ0v) is 10.4. The van der Waals surface area contributed by atoms with Gasteiger partial charge in [-0.15, -0.1) is 0 Å². The number of pyridine rings is 1. The maximum absolute atomic E-state index is 9.79. The molecule has 3 nitrogen and oxygen atoms in total. The van der Waals surface area contributed by atoms with Crippen molar-refractivity contribution in [2.24, 2.45) is 4.99 Å². The number of benzene rings is 1. The van der Waals surface area contributed by atoms with Crippen molar-refractivity contribution < 1.29 is 5.11 Å². The minimum absolute atomic E-state index is 0.110. The van der Waals surface area contributed by atoms with Crippen LogP contribution >= 0.6 is 15.9 Å². The molecule has 0 saturated carbocycles. The predicted molar refractivity (Wildman–Crippen MR) is 72.7 cm³/mol. The second-order valence-electron chi connectivity index (χ2n) is 3.39. The Kier molecular flexibility index (Phi) is 3.59. The van der Waals surface area contributed by atoms with Crippen molar-refractivity contribution in [2.45, 2.75) is 0 Å². The first kappa shape index (κ1) is 11.9. The Morgan fingerprint density at radius 3 is 2.88 bits per heavy atom. The van der Waals surface area contributed by atoms with Gasteiger partial charge in [-0.25, -0.2) is 9.98 Å². The van der Waals surface area contributed by atoms with E-state index in [1.165, 1.54) is 6.21 Å². The molecule has 0 unspecified atom stereocenters. The van der Waals surface area contributed by atoms with Gasteiger partial charge in [-0.1, -0.05) is 23.7 Å².